The van der Waals surface area contributed by atoms with Crippen molar-refractivity contribution in [2.75, 3.05) is 18.6 Å². The average Bonchev–Trinajstić information content (AvgIpc) is 2.74. The van der Waals surface area contributed by atoms with Crippen LogP contribution in [0.1, 0.15) is 32.1 Å². The van der Waals surface area contributed by atoms with E-state index in [0.717, 1.165) is 0 Å². The molecule has 4 amide bonds. The zero-order chi connectivity index (χ0) is 25.6. The van der Waals surface area contributed by atoms with Crippen molar-refractivity contribution >= 4 is 47.3 Å². The van der Waals surface area contributed by atoms with Crippen molar-refractivity contribution in [1.82, 2.24) is 16.0 Å². The van der Waals surface area contributed by atoms with Crippen molar-refractivity contribution < 1.29 is 44.1 Å². The van der Waals surface area contributed by atoms with Gasteiger partial charge in [-0.3, -0.25) is 24.0 Å². The molecule has 0 aliphatic carbocycles. The summed E-state index contributed by atoms with van der Waals surface area (Å²) in [5, 5.41) is 34.0. The predicted molar refractivity (Wildman–Crippen MR) is 117 cm³/mol. The quantitative estimate of drug-likeness (QED) is 0.0997. The largest absolute Gasteiger partial charge is 0.481 e. The molecule has 4 atom stereocenters. The molecular weight excluding hydrogens is 462 g/mol. The van der Waals surface area contributed by atoms with E-state index in [9.17, 15) is 33.9 Å². The number of carboxylic acid groups (broad SMARTS) is 2. The fourth-order valence-corrected chi connectivity index (χ4v) is 2.95. The number of aliphatic hydroxyl groups is 1. The first kappa shape index (κ1) is 30.1. The van der Waals surface area contributed by atoms with Gasteiger partial charge in [-0.1, -0.05) is 0 Å². The summed E-state index contributed by atoms with van der Waals surface area (Å²) in [6, 6.07) is -5.34. The Kier molecular flexibility index (Phi) is 14.4. The minimum Gasteiger partial charge on any atom is -0.481 e. The number of primary amides is 1. The van der Waals surface area contributed by atoms with Gasteiger partial charge < -0.3 is 42.7 Å². The topological polar surface area (TPSA) is 251 Å². The van der Waals surface area contributed by atoms with Crippen molar-refractivity contribution in [1.29, 1.82) is 0 Å². The molecule has 0 saturated carbocycles. The molecule has 0 heterocycles. The molecule has 33 heavy (non-hydrogen) atoms. The SMILES string of the molecule is CSCCC(NC(=O)C(N)CCC(N)=O)C(=O)NC(CO)C(=O)NC(CCC(=O)O)C(=O)O. The summed E-state index contributed by atoms with van der Waals surface area (Å²) in [5.74, 6) is -5.53. The minimum atomic E-state index is -1.55. The van der Waals surface area contributed by atoms with Crippen LogP contribution < -0.4 is 27.4 Å². The van der Waals surface area contributed by atoms with Gasteiger partial charge in [-0.05, 0) is 31.3 Å². The molecule has 14 nitrogen and oxygen atoms in total. The van der Waals surface area contributed by atoms with Crippen LogP contribution in [0.5, 0.6) is 0 Å². The minimum absolute atomic E-state index is 0.0351. The van der Waals surface area contributed by atoms with E-state index < -0.39 is 79.2 Å². The van der Waals surface area contributed by atoms with Crippen LogP contribution in [0.2, 0.25) is 0 Å². The highest BCUT2D eigenvalue weighted by molar-refractivity contribution is 7.98. The molecule has 0 aromatic rings. The van der Waals surface area contributed by atoms with E-state index in [4.69, 9.17) is 21.7 Å². The molecule has 0 fully saturated rings. The third-order valence-corrected chi connectivity index (χ3v) is 5.00. The number of rotatable bonds is 17. The van der Waals surface area contributed by atoms with Crippen molar-refractivity contribution in [2.24, 2.45) is 11.5 Å². The van der Waals surface area contributed by atoms with Gasteiger partial charge in [0.05, 0.1) is 12.6 Å². The van der Waals surface area contributed by atoms with Gasteiger partial charge in [0.2, 0.25) is 23.6 Å². The molecule has 4 unspecified atom stereocenters. The second-order valence-electron chi connectivity index (χ2n) is 7.03. The molecule has 0 aliphatic rings. The highest BCUT2D eigenvalue weighted by Gasteiger charge is 2.30. The molecule has 15 heteroatoms. The second-order valence-corrected chi connectivity index (χ2v) is 8.02. The Bertz CT molecular complexity index is 721. The summed E-state index contributed by atoms with van der Waals surface area (Å²) >= 11 is 1.38. The molecular formula is C18H31N5O9S. The Labute approximate surface area is 194 Å². The van der Waals surface area contributed by atoms with Gasteiger partial charge in [-0.25, -0.2) is 4.79 Å². The van der Waals surface area contributed by atoms with Crippen LogP contribution in [0, 0.1) is 0 Å². The van der Waals surface area contributed by atoms with E-state index in [1.54, 1.807) is 6.26 Å². The molecule has 0 rings (SSSR count). The van der Waals surface area contributed by atoms with E-state index in [2.05, 4.69) is 16.0 Å². The van der Waals surface area contributed by atoms with Gasteiger partial charge in [-0.2, -0.15) is 11.8 Å². The first-order valence-corrected chi connectivity index (χ1v) is 11.3. The van der Waals surface area contributed by atoms with Gasteiger partial charge in [0.1, 0.15) is 18.1 Å². The number of hydrogen-bond acceptors (Lipinski definition) is 9. The lowest BCUT2D eigenvalue weighted by molar-refractivity contribution is -0.143. The number of thioether (sulfide) groups is 1. The molecule has 188 valence electrons. The average molecular weight is 494 g/mol. The first-order valence-electron chi connectivity index (χ1n) is 9.92. The number of aliphatic carboxylic acids is 2. The van der Waals surface area contributed by atoms with Crippen LogP contribution in [0.15, 0.2) is 0 Å². The van der Waals surface area contributed by atoms with Crippen LogP contribution in [0.3, 0.4) is 0 Å². The first-order chi connectivity index (χ1) is 15.4. The van der Waals surface area contributed by atoms with Gasteiger partial charge in [0, 0.05) is 12.8 Å². The highest BCUT2D eigenvalue weighted by atomic mass is 32.2. The van der Waals surface area contributed by atoms with Gasteiger partial charge in [0.25, 0.3) is 0 Å². The Hall–Kier alpha value is -2.91. The molecule has 10 N–H and O–H groups in total. The van der Waals surface area contributed by atoms with Crippen LogP contribution in [-0.4, -0.2) is 93.7 Å². The summed E-state index contributed by atoms with van der Waals surface area (Å²) in [7, 11) is 0. The molecule has 0 saturated heterocycles. The monoisotopic (exact) mass is 493 g/mol. The summed E-state index contributed by atoms with van der Waals surface area (Å²) in [4.78, 5) is 70.0. The third-order valence-electron chi connectivity index (χ3n) is 4.36. The maximum atomic E-state index is 12.6. The van der Waals surface area contributed by atoms with Crippen molar-refractivity contribution in [2.45, 2.75) is 56.3 Å². The number of aliphatic hydroxyl groups excluding tert-OH is 1. The lowest BCUT2D eigenvalue weighted by atomic mass is 10.1. The van der Waals surface area contributed by atoms with Crippen molar-refractivity contribution in [3.8, 4) is 0 Å². The van der Waals surface area contributed by atoms with Crippen LogP contribution >= 0.6 is 11.8 Å². The molecule has 0 bridgehead atoms. The van der Waals surface area contributed by atoms with Gasteiger partial charge >= 0.3 is 11.9 Å². The lowest BCUT2D eigenvalue weighted by Gasteiger charge is -2.24. The van der Waals surface area contributed by atoms with Crippen LogP contribution in [0.25, 0.3) is 0 Å². The molecule has 0 radical (unpaired) electrons. The standard InChI is InChI=1S/C18H31N5O9S/c1-33-7-6-10(21-15(28)9(19)2-4-13(20)25)16(29)23-12(8-24)17(30)22-11(18(31)32)3-5-14(26)27/h9-12,24H,2-8,19H2,1H3,(H2,20,25)(H,21,28)(H,22,30)(H,23,29)(H,26,27)(H,31,32). The van der Waals surface area contributed by atoms with E-state index in [1.807, 2.05) is 0 Å². The van der Waals surface area contributed by atoms with Crippen molar-refractivity contribution in [3.63, 3.8) is 0 Å². The van der Waals surface area contributed by atoms with E-state index in [-0.39, 0.29) is 19.3 Å². The molecule has 0 spiro atoms. The maximum absolute atomic E-state index is 12.6. The Balaban J connectivity index is 5.18. The molecule has 0 aromatic heterocycles. The fraction of sp³-hybridized carbons (Fsp3) is 0.667. The Morgan fingerprint density at radius 3 is 1.85 bits per heavy atom. The summed E-state index contributed by atoms with van der Waals surface area (Å²) in [6.07, 6.45) is 0.826. The number of nitrogens with one attached hydrogen (secondary N) is 3. The van der Waals surface area contributed by atoms with Crippen LogP contribution in [0.4, 0.5) is 0 Å². The smallest absolute Gasteiger partial charge is 0.326 e. The third kappa shape index (κ3) is 12.6. The Morgan fingerprint density at radius 1 is 0.818 bits per heavy atom. The molecule has 0 aliphatic heterocycles. The highest BCUT2D eigenvalue weighted by Crippen LogP contribution is 2.04. The Morgan fingerprint density at radius 2 is 1.36 bits per heavy atom. The fourth-order valence-electron chi connectivity index (χ4n) is 2.48. The number of nitrogens with two attached hydrogens (primary N) is 2. The van der Waals surface area contributed by atoms with Gasteiger partial charge in [0.15, 0.2) is 0 Å². The van der Waals surface area contributed by atoms with Crippen molar-refractivity contribution in [3.05, 3.63) is 0 Å². The maximum Gasteiger partial charge on any atom is 0.326 e. The van der Waals surface area contributed by atoms with Gasteiger partial charge in [-0.15, -0.1) is 0 Å². The van der Waals surface area contributed by atoms with Crippen LogP contribution in [-0.2, 0) is 28.8 Å². The normalized spacial score (nSPS) is 14.3. The summed E-state index contributed by atoms with van der Waals surface area (Å²) in [5.41, 5.74) is 10.7. The number of carboxylic acids is 2. The van der Waals surface area contributed by atoms with E-state index in [1.165, 1.54) is 11.8 Å². The number of amides is 4. The zero-order valence-electron chi connectivity index (χ0n) is 18.1. The summed E-state index contributed by atoms with van der Waals surface area (Å²) in [6.45, 7) is -0.885. The number of hydrogen-bond donors (Lipinski definition) is 8. The number of carbonyl (C=O) groups excluding carboxylic acids is 4. The number of carbonyl (C=O) groups is 6. The summed E-state index contributed by atoms with van der Waals surface area (Å²) < 4.78 is 0. The predicted octanol–water partition coefficient (Wildman–Crippen LogP) is -3.27. The second kappa shape index (κ2) is 15.8. The van der Waals surface area contributed by atoms with E-state index in [0.29, 0.717) is 5.75 Å². The van der Waals surface area contributed by atoms with E-state index >= 15 is 0 Å². The molecule has 0 aromatic carbocycles. The zero-order valence-corrected chi connectivity index (χ0v) is 18.9. The lowest BCUT2D eigenvalue weighted by Crippen LogP contribution is -2.58.